The van der Waals surface area contributed by atoms with Crippen LogP contribution in [-0.4, -0.2) is 19.9 Å². The highest BCUT2D eigenvalue weighted by Crippen LogP contribution is 2.49. The maximum atomic E-state index is 5.00. The Kier molecular flexibility index (Phi) is 6.10. The Bertz CT molecular complexity index is 2370. The molecule has 0 unspecified atom stereocenters. The Hall–Kier alpha value is -6.26. The van der Waals surface area contributed by atoms with Gasteiger partial charge in [-0.3, -0.25) is 4.98 Å². The molecule has 4 nitrogen and oxygen atoms in total. The van der Waals surface area contributed by atoms with Crippen molar-refractivity contribution in [2.24, 2.45) is 0 Å². The SMILES string of the molecule is c1ccc(-c2nc(-c3ccc(-c4ccc5c6c(cccc46)-c4ccccc4-5)cc3)nc(-c3cccc(-c4cccnc4)c3)n2)cc1. The molecule has 6 aromatic carbocycles. The van der Waals surface area contributed by atoms with E-state index in [2.05, 4.69) is 102 Å². The van der Waals surface area contributed by atoms with Crippen LogP contribution in [0.3, 0.4) is 0 Å². The number of hydrogen-bond acceptors (Lipinski definition) is 4. The van der Waals surface area contributed by atoms with Crippen LogP contribution in [-0.2, 0) is 0 Å². The molecule has 4 heteroatoms. The lowest BCUT2D eigenvalue weighted by molar-refractivity contribution is 1.07. The van der Waals surface area contributed by atoms with E-state index in [9.17, 15) is 0 Å². The predicted molar refractivity (Wildman–Crippen MR) is 187 cm³/mol. The lowest BCUT2D eigenvalue weighted by Crippen LogP contribution is -2.00. The number of aromatic nitrogens is 4. The molecule has 1 aliphatic rings. The van der Waals surface area contributed by atoms with Crippen molar-refractivity contribution in [3.05, 3.63) is 158 Å². The summed E-state index contributed by atoms with van der Waals surface area (Å²) in [6.45, 7) is 0. The number of pyridine rings is 1. The van der Waals surface area contributed by atoms with E-state index in [4.69, 9.17) is 15.0 Å². The van der Waals surface area contributed by atoms with Gasteiger partial charge in [0.1, 0.15) is 0 Å². The maximum absolute atomic E-state index is 5.00. The lowest BCUT2D eigenvalue weighted by atomic mass is 9.94. The molecule has 1 aliphatic carbocycles. The van der Waals surface area contributed by atoms with Crippen LogP contribution in [0.1, 0.15) is 0 Å². The van der Waals surface area contributed by atoms with Gasteiger partial charge in [-0.2, -0.15) is 0 Å². The standard InChI is InChI=1S/C42H26N4/c1-2-9-28(10-3-1)40-44-41(46-42(45-40)31-12-6-11-30(25-31)32-13-8-24-43-26-32)29-20-18-27(19-21-29)33-22-23-38-35-15-5-4-14-34(35)37-17-7-16-36(33)39(37)38/h1-26H. The van der Waals surface area contributed by atoms with Crippen LogP contribution in [0, 0.1) is 0 Å². The molecule has 46 heavy (non-hydrogen) atoms. The van der Waals surface area contributed by atoms with E-state index in [1.165, 1.54) is 38.6 Å². The third kappa shape index (κ3) is 4.39. The Labute approximate surface area is 266 Å². The van der Waals surface area contributed by atoms with Gasteiger partial charge in [0, 0.05) is 34.6 Å². The highest BCUT2D eigenvalue weighted by molar-refractivity contribution is 6.18. The second kappa shape index (κ2) is 10.7. The molecule has 2 heterocycles. The molecule has 0 aliphatic heterocycles. The van der Waals surface area contributed by atoms with Crippen molar-refractivity contribution in [3.8, 4) is 78.7 Å². The average Bonchev–Trinajstić information content (AvgIpc) is 3.47. The van der Waals surface area contributed by atoms with E-state index in [-0.39, 0.29) is 0 Å². The molecule has 8 aromatic rings. The summed E-state index contributed by atoms with van der Waals surface area (Å²) >= 11 is 0. The molecule has 0 bridgehead atoms. The molecule has 0 atom stereocenters. The molecule has 0 radical (unpaired) electrons. The fourth-order valence-corrected chi connectivity index (χ4v) is 6.58. The van der Waals surface area contributed by atoms with Crippen molar-refractivity contribution in [2.45, 2.75) is 0 Å². The summed E-state index contributed by atoms with van der Waals surface area (Å²) in [5.74, 6) is 1.91. The zero-order valence-corrected chi connectivity index (χ0v) is 24.8. The van der Waals surface area contributed by atoms with Gasteiger partial charge in [0.25, 0.3) is 0 Å². The van der Waals surface area contributed by atoms with Crippen molar-refractivity contribution in [2.75, 3.05) is 0 Å². The first-order valence-electron chi connectivity index (χ1n) is 15.4. The quantitative estimate of drug-likeness (QED) is 0.201. The van der Waals surface area contributed by atoms with Crippen LogP contribution in [0.25, 0.3) is 89.4 Å². The molecule has 2 aromatic heterocycles. The van der Waals surface area contributed by atoms with Crippen LogP contribution < -0.4 is 0 Å². The second-order valence-electron chi connectivity index (χ2n) is 11.5. The molecule has 0 amide bonds. The van der Waals surface area contributed by atoms with Crippen molar-refractivity contribution < 1.29 is 0 Å². The fourth-order valence-electron chi connectivity index (χ4n) is 6.58. The van der Waals surface area contributed by atoms with Gasteiger partial charge in [-0.05, 0) is 61.8 Å². The summed E-state index contributed by atoms with van der Waals surface area (Å²) in [4.78, 5) is 19.2. The van der Waals surface area contributed by atoms with Gasteiger partial charge in [-0.1, -0.05) is 133 Å². The summed E-state index contributed by atoms with van der Waals surface area (Å²) in [5.41, 5.74) is 12.5. The first kappa shape index (κ1) is 26.2. The summed E-state index contributed by atoms with van der Waals surface area (Å²) in [7, 11) is 0. The monoisotopic (exact) mass is 586 g/mol. The highest BCUT2D eigenvalue weighted by atomic mass is 15.0. The zero-order valence-electron chi connectivity index (χ0n) is 24.8. The largest absolute Gasteiger partial charge is 0.264 e. The van der Waals surface area contributed by atoms with Crippen LogP contribution >= 0.6 is 0 Å². The molecule has 9 rings (SSSR count). The third-order valence-corrected chi connectivity index (χ3v) is 8.79. The number of nitrogens with zero attached hydrogens (tertiary/aromatic N) is 4. The fraction of sp³-hybridized carbons (Fsp3) is 0. The Morgan fingerprint density at radius 3 is 1.61 bits per heavy atom. The molecule has 0 N–H and O–H groups in total. The molecule has 0 saturated heterocycles. The van der Waals surface area contributed by atoms with Crippen LogP contribution in [0.2, 0.25) is 0 Å². The van der Waals surface area contributed by atoms with Gasteiger partial charge < -0.3 is 0 Å². The summed E-state index contributed by atoms with van der Waals surface area (Å²) < 4.78 is 0. The summed E-state index contributed by atoms with van der Waals surface area (Å²) in [5, 5.41) is 2.59. The Balaban J connectivity index is 1.14. The van der Waals surface area contributed by atoms with E-state index < -0.39 is 0 Å². The van der Waals surface area contributed by atoms with Crippen LogP contribution in [0.5, 0.6) is 0 Å². The molecule has 214 valence electrons. The third-order valence-electron chi connectivity index (χ3n) is 8.79. The van der Waals surface area contributed by atoms with E-state index in [1.807, 2.05) is 54.7 Å². The number of fused-ring (bicyclic) bond motifs is 3. The second-order valence-corrected chi connectivity index (χ2v) is 11.5. The highest BCUT2D eigenvalue weighted by Gasteiger charge is 2.22. The van der Waals surface area contributed by atoms with E-state index in [0.29, 0.717) is 17.5 Å². The van der Waals surface area contributed by atoms with Crippen LogP contribution in [0.15, 0.2) is 158 Å². The van der Waals surface area contributed by atoms with Gasteiger partial charge >= 0.3 is 0 Å². The number of hydrogen-bond donors (Lipinski definition) is 0. The number of benzene rings is 6. The minimum Gasteiger partial charge on any atom is -0.264 e. The minimum atomic E-state index is 0.630. The van der Waals surface area contributed by atoms with Gasteiger partial charge in [0.2, 0.25) is 0 Å². The van der Waals surface area contributed by atoms with Gasteiger partial charge in [0.05, 0.1) is 0 Å². The molecule has 0 saturated carbocycles. The van der Waals surface area contributed by atoms with Crippen molar-refractivity contribution in [1.82, 2.24) is 19.9 Å². The van der Waals surface area contributed by atoms with Gasteiger partial charge in [-0.15, -0.1) is 0 Å². The van der Waals surface area contributed by atoms with Crippen molar-refractivity contribution in [3.63, 3.8) is 0 Å². The van der Waals surface area contributed by atoms with Crippen LogP contribution in [0.4, 0.5) is 0 Å². The summed E-state index contributed by atoms with van der Waals surface area (Å²) in [6.07, 6.45) is 3.66. The normalized spacial score (nSPS) is 11.5. The Morgan fingerprint density at radius 2 is 0.870 bits per heavy atom. The van der Waals surface area contributed by atoms with Crippen molar-refractivity contribution in [1.29, 1.82) is 0 Å². The average molecular weight is 587 g/mol. The number of rotatable bonds is 5. The molecule has 0 fully saturated rings. The lowest BCUT2D eigenvalue weighted by Gasteiger charge is -2.11. The zero-order chi connectivity index (χ0) is 30.5. The smallest absolute Gasteiger partial charge is 0.164 e. The van der Waals surface area contributed by atoms with E-state index in [1.54, 1.807) is 6.20 Å². The van der Waals surface area contributed by atoms with Crippen molar-refractivity contribution >= 4 is 10.8 Å². The van der Waals surface area contributed by atoms with E-state index >= 15 is 0 Å². The van der Waals surface area contributed by atoms with E-state index in [0.717, 1.165) is 33.4 Å². The Morgan fingerprint density at radius 1 is 0.326 bits per heavy atom. The van der Waals surface area contributed by atoms with Gasteiger partial charge in [-0.25, -0.2) is 15.0 Å². The van der Waals surface area contributed by atoms with Gasteiger partial charge in [0.15, 0.2) is 17.5 Å². The maximum Gasteiger partial charge on any atom is 0.164 e. The first-order valence-corrected chi connectivity index (χ1v) is 15.4. The first-order chi connectivity index (χ1) is 22.8. The predicted octanol–water partition coefficient (Wildman–Crippen LogP) is 10.4. The minimum absolute atomic E-state index is 0.630. The molecular weight excluding hydrogens is 560 g/mol. The summed E-state index contributed by atoms with van der Waals surface area (Å²) in [6, 6.07) is 50.8. The topological polar surface area (TPSA) is 51.6 Å². The molecule has 0 spiro atoms. The molecular formula is C42H26N4.